The van der Waals surface area contributed by atoms with Gasteiger partial charge in [-0.25, -0.2) is 4.79 Å². The molecule has 19 heavy (non-hydrogen) atoms. The number of nitrogens with one attached hydrogen (secondary N) is 2. The lowest BCUT2D eigenvalue weighted by Gasteiger charge is -2.08. The van der Waals surface area contributed by atoms with Gasteiger partial charge in [0.15, 0.2) is 0 Å². The van der Waals surface area contributed by atoms with Gasteiger partial charge in [-0.3, -0.25) is 4.79 Å². The third kappa shape index (κ3) is 5.40. The van der Waals surface area contributed by atoms with Crippen molar-refractivity contribution in [2.45, 2.75) is 27.3 Å². The summed E-state index contributed by atoms with van der Waals surface area (Å²) < 4.78 is 0. The van der Waals surface area contributed by atoms with Gasteiger partial charge in [-0.05, 0) is 24.5 Å². The second kappa shape index (κ2) is 7.25. The summed E-state index contributed by atoms with van der Waals surface area (Å²) in [5.41, 5.74) is 0.930. The number of amides is 1. The quantitative estimate of drug-likeness (QED) is 0.711. The van der Waals surface area contributed by atoms with Gasteiger partial charge in [-0.15, -0.1) is 11.3 Å². The minimum atomic E-state index is -0.908. The van der Waals surface area contributed by atoms with Gasteiger partial charge in [-0.1, -0.05) is 13.8 Å². The highest BCUT2D eigenvalue weighted by atomic mass is 32.1. The fourth-order valence-corrected chi connectivity index (χ4v) is 2.37. The first-order valence-corrected chi connectivity index (χ1v) is 7.01. The number of aryl methyl sites for hydroxylation is 1. The second-order valence-corrected chi connectivity index (χ2v) is 6.06. The SMILES string of the molecule is Cc1sc(C(=O)O)cc1CNCC(=O)NCC(C)C. The largest absolute Gasteiger partial charge is 0.477 e. The molecule has 0 atom stereocenters. The van der Waals surface area contributed by atoms with E-state index in [1.165, 1.54) is 11.3 Å². The van der Waals surface area contributed by atoms with Crippen LogP contribution in [0.3, 0.4) is 0 Å². The van der Waals surface area contributed by atoms with Gasteiger partial charge in [0.1, 0.15) is 4.88 Å². The van der Waals surface area contributed by atoms with Crippen molar-refractivity contribution in [2.24, 2.45) is 5.92 Å². The van der Waals surface area contributed by atoms with E-state index in [9.17, 15) is 9.59 Å². The van der Waals surface area contributed by atoms with Crippen molar-refractivity contribution in [3.63, 3.8) is 0 Å². The van der Waals surface area contributed by atoms with Gasteiger partial charge in [0, 0.05) is 18.0 Å². The summed E-state index contributed by atoms with van der Waals surface area (Å²) in [6, 6.07) is 1.65. The van der Waals surface area contributed by atoms with Crippen LogP contribution in [0.4, 0.5) is 0 Å². The van der Waals surface area contributed by atoms with E-state index in [2.05, 4.69) is 10.6 Å². The van der Waals surface area contributed by atoms with Gasteiger partial charge in [0.05, 0.1) is 6.54 Å². The standard InChI is InChI=1S/C13H20N2O3S/c1-8(2)5-15-12(16)7-14-6-10-4-11(13(17)18)19-9(10)3/h4,8,14H,5-7H2,1-3H3,(H,15,16)(H,17,18). The van der Waals surface area contributed by atoms with Gasteiger partial charge in [0.25, 0.3) is 0 Å². The van der Waals surface area contributed by atoms with E-state index < -0.39 is 5.97 Å². The first-order chi connectivity index (χ1) is 8.90. The summed E-state index contributed by atoms with van der Waals surface area (Å²) in [6.45, 7) is 7.37. The topological polar surface area (TPSA) is 78.4 Å². The molecule has 0 saturated carbocycles. The molecule has 1 amide bonds. The van der Waals surface area contributed by atoms with Crippen molar-refractivity contribution >= 4 is 23.2 Å². The third-order valence-electron chi connectivity index (χ3n) is 2.54. The summed E-state index contributed by atoms with van der Waals surface area (Å²) in [5, 5.41) is 14.7. The van der Waals surface area contributed by atoms with E-state index in [0.717, 1.165) is 10.4 Å². The highest BCUT2D eigenvalue weighted by Gasteiger charge is 2.11. The molecule has 0 aliphatic heterocycles. The molecule has 0 radical (unpaired) electrons. The number of hydrogen-bond donors (Lipinski definition) is 3. The first kappa shape index (κ1) is 15.7. The van der Waals surface area contributed by atoms with Crippen LogP contribution >= 0.6 is 11.3 Å². The second-order valence-electron chi connectivity index (χ2n) is 4.80. The highest BCUT2D eigenvalue weighted by molar-refractivity contribution is 7.14. The monoisotopic (exact) mass is 284 g/mol. The number of hydrogen-bond acceptors (Lipinski definition) is 4. The van der Waals surface area contributed by atoms with Crippen molar-refractivity contribution in [1.29, 1.82) is 0 Å². The summed E-state index contributed by atoms with van der Waals surface area (Å²) in [7, 11) is 0. The van der Waals surface area contributed by atoms with E-state index in [1.807, 2.05) is 20.8 Å². The Labute approximate surface area is 117 Å². The molecule has 0 fully saturated rings. The van der Waals surface area contributed by atoms with E-state index in [0.29, 0.717) is 23.9 Å². The van der Waals surface area contributed by atoms with Crippen LogP contribution in [0.5, 0.6) is 0 Å². The number of rotatable bonds is 7. The molecule has 1 rings (SSSR count). The fraction of sp³-hybridized carbons (Fsp3) is 0.538. The molecule has 106 valence electrons. The molecular weight excluding hydrogens is 264 g/mol. The zero-order valence-corrected chi connectivity index (χ0v) is 12.3. The number of carbonyl (C=O) groups excluding carboxylic acids is 1. The minimum absolute atomic E-state index is 0.0416. The van der Waals surface area contributed by atoms with Crippen LogP contribution in [0, 0.1) is 12.8 Å². The first-order valence-electron chi connectivity index (χ1n) is 6.20. The van der Waals surface area contributed by atoms with Crippen LogP contribution in [-0.2, 0) is 11.3 Å². The normalized spacial score (nSPS) is 10.7. The molecule has 3 N–H and O–H groups in total. The average Bonchev–Trinajstić information content (AvgIpc) is 2.69. The predicted octanol–water partition coefficient (Wildman–Crippen LogP) is 1.62. The van der Waals surface area contributed by atoms with Crippen molar-refractivity contribution < 1.29 is 14.7 Å². The van der Waals surface area contributed by atoms with Crippen molar-refractivity contribution in [2.75, 3.05) is 13.1 Å². The Morgan fingerprint density at radius 2 is 2.11 bits per heavy atom. The predicted molar refractivity (Wildman–Crippen MR) is 75.6 cm³/mol. The van der Waals surface area contributed by atoms with Crippen molar-refractivity contribution in [3.8, 4) is 0 Å². The van der Waals surface area contributed by atoms with Crippen LogP contribution in [-0.4, -0.2) is 30.1 Å². The lowest BCUT2D eigenvalue weighted by molar-refractivity contribution is -0.120. The van der Waals surface area contributed by atoms with Crippen LogP contribution in [0.15, 0.2) is 6.07 Å². The molecule has 0 aliphatic rings. The van der Waals surface area contributed by atoms with Crippen LogP contribution in [0.25, 0.3) is 0 Å². The Morgan fingerprint density at radius 1 is 1.42 bits per heavy atom. The van der Waals surface area contributed by atoms with E-state index in [4.69, 9.17) is 5.11 Å². The smallest absolute Gasteiger partial charge is 0.345 e. The molecule has 0 unspecified atom stereocenters. The maximum Gasteiger partial charge on any atom is 0.345 e. The molecule has 1 aromatic rings. The van der Waals surface area contributed by atoms with E-state index >= 15 is 0 Å². The Kier molecular flexibility index (Phi) is 5.98. The van der Waals surface area contributed by atoms with Gasteiger partial charge < -0.3 is 15.7 Å². The van der Waals surface area contributed by atoms with Gasteiger partial charge in [0.2, 0.25) is 5.91 Å². The molecular formula is C13H20N2O3S. The number of aromatic carboxylic acids is 1. The summed E-state index contributed by atoms with van der Waals surface area (Å²) in [6.07, 6.45) is 0. The van der Waals surface area contributed by atoms with Crippen LogP contribution in [0.2, 0.25) is 0 Å². The zero-order chi connectivity index (χ0) is 14.4. The molecule has 6 heteroatoms. The van der Waals surface area contributed by atoms with Crippen LogP contribution in [0.1, 0.15) is 34.0 Å². The highest BCUT2D eigenvalue weighted by Crippen LogP contribution is 2.21. The maximum atomic E-state index is 11.5. The lowest BCUT2D eigenvalue weighted by atomic mass is 10.2. The Bertz CT molecular complexity index is 455. The number of carboxylic acids is 1. The lowest BCUT2D eigenvalue weighted by Crippen LogP contribution is -2.35. The summed E-state index contributed by atoms with van der Waals surface area (Å²) >= 11 is 1.26. The Balaban J connectivity index is 2.37. The Hall–Kier alpha value is -1.40. The molecule has 1 heterocycles. The average molecular weight is 284 g/mol. The molecule has 0 saturated heterocycles. The fourth-order valence-electron chi connectivity index (χ4n) is 1.49. The molecule has 0 spiro atoms. The van der Waals surface area contributed by atoms with Gasteiger partial charge in [-0.2, -0.15) is 0 Å². The van der Waals surface area contributed by atoms with Crippen molar-refractivity contribution in [1.82, 2.24) is 10.6 Å². The molecule has 5 nitrogen and oxygen atoms in total. The number of carbonyl (C=O) groups is 2. The summed E-state index contributed by atoms with van der Waals surface area (Å²) in [5.74, 6) is -0.518. The maximum absolute atomic E-state index is 11.5. The third-order valence-corrected chi connectivity index (χ3v) is 3.62. The molecule has 1 aromatic heterocycles. The molecule has 0 aromatic carbocycles. The van der Waals surface area contributed by atoms with Gasteiger partial charge >= 0.3 is 5.97 Å². The van der Waals surface area contributed by atoms with Crippen LogP contribution < -0.4 is 10.6 Å². The van der Waals surface area contributed by atoms with E-state index in [1.54, 1.807) is 6.07 Å². The Morgan fingerprint density at radius 3 is 2.63 bits per heavy atom. The molecule has 0 bridgehead atoms. The molecule has 0 aliphatic carbocycles. The van der Waals surface area contributed by atoms with E-state index in [-0.39, 0.29) is 12.5 Å². The minimum Gasteiger partial charge on any atom is -0.477 e. The number of thiophene rings is 1. The zero-order valence-electron chi connectivity index (χ0n) is 11.4. The van der Waals surface area contributed by atoms with Crippen molar-refractivity contribution in [3.05, 3.63) is 21.4 Å². The summed E-state index contributed by atoms with van der Waals surface area (Å²) in [4.78, 5) is 23.6. The number of carboxylic acid groups (broad SMARTS) is 1.